The zero-order chi connectivity index (χ0) is 11.6. The monoisotopic (exact) mass is 221 g/mol. The summed E-state index contributed by atoms with van der Waals surface area (Å²) in [6.45, 7) is 7.93. The number of rotatable bonds is 8. The van der Waals surface area contributed by atoms with Crippen molar-refractivity contribution in [2.75, 3.05) is 19.8 Å². The molecule has 2 heteroatoms. The molecule has 0 fully saturated rings. The number of benzene rings is 1. The minimum atomic E-state index is 0.830. The number of hydrogen-bond acceptors (Lipinski definition) is 2. The van der Waals surface area contributed by atoms with Gasteiger partial charge in [0.25, 0.3) is 0 Å². The molecule has 2 nitrogen and oxygen atoms in total. The quantitative estimate of drug-likeness (QED) is 0.682. The van der Waals surface area contributed by atoms with E-state index in [4.69, 9.17) is 4.74 Å². The normalized spacial score (nSPS) is 10.6. The van der Waals surface area contributed by atoms with E-state index in [0.717, 1.165) is 32.7 Å². The van der Waals surface area contributed by atoms with Crippen LogP contribution in [0.4, 0.5) is 0 Å². The topological polar surface area (TPSA) is 21.3 Å². The number of nitrogens with one attached hydrogen (secondary N) is 1. The third kappa shape index (κ3) is 5.89. The Balaban J connectivity index is 2.03. The molecule has 0 aliphatic rings. The minimum Gasteiger partial charge on any atom is -0.382 e. The summed E-state index contributed by atoms with van der Waals surface area (Å²) in [6, 6.07) is 8.64. The van der Waals surface area contributed by atoms with Crippen LogP contribution in [0.15, 0.2) is 24.3 Å². The molecule has 1 N–H and O–H groups in total. The van der Waals surface area contributed by atoms with Crippen LogP contribution in [0.1, 0.15) is 30.9 Å². The molecule has 0 radical (unpaired) electrons. The summed E-state index contributed by atoms with van der Waals surface area (Å²) >= 11 is 0. The average molecular weight is 221 g/mol. The summed E-state index contributed by atoms with van der Waals surface area (Å²) in [6.07, 6.45) is 2.33. The lowest BCUT2D eigenvalue weighted by molar-refractivity contribution is 0.143. The van der Waals surface area contributed by atoms with Gasteiger partial charge in [-0.3, -0.25) is 0 Å². The molecule has 1 aromatic rings. The van der Waals surface area contributed by atoms with Crippen molar-refractivity contribution in [1.29, 1.82) is 0 Å². The first-order valence-electron chi connectivity index (χ1n) is 6.17. The van der Waals surface area contributed by atoms with Crippen LogP contribution in [0.25, 0.3) is 0 Å². The fraction of sp³-hybridized carbons (Fsp3) is 0.571. The molecule has 1 rings (SSSR count). The molecular formula is C14H23NO. The largest absolute Gasteiger partial charge is 0.382 e. The number of ether oxygens (including phenoxy) is 1. The Hall–Kier alpha value is -0.860. The molecule has 0 unspecified atom stereocenters. The van der Waals surface area contributed by atoms with Gasteiger partial charge in [0.05, 0.1) is 0 Å². The lowest BCUT2D eigenvalue weighted by Crippen LogP contribution is -2.15. The van der Waals surface area contributed by atoms with Gasteiger partial charge in [-0.25, -0.2) is 0 Å². The van der Waals surface area contributed by atoms with E-state index in [0.29, 0.717) is 0 Å². The van der Waals surface area contributed by atoms with E-state index in [9.17, 15) is 0 Å². The van der Waals surface area contributed by atoms with Crippen molar-refractivity contribution in [1.82, 2.24) is 5.32 Å². The molecule has 0 saturated carbocycles. The Labute approximate surface area is 99.0 Å². The van der Waals surface area contributed by atoms with Crippen molar-refractivity contribution in [3.05, 3.63) is 35.4 Å². The highest BCUT2D eigenvalue weighted by Gasteiger charge is 1.93. The van der Waals surface area contributed by atoms with Gasteiger partial charge in [0.2, 0.25) is 0 Å². The highest BCUT2D eigenvalue weighted by atomic mass is 16.5. The number of aryl methyl sites for hydroxylation is 1. The maximum absolute atomic E-state index is 5.29. The second kappa shape index (κ2) is 8.31. The van der Waals surface area contributed by atoms with Crippen LogP contribution >= 0.6 is 0 Å². The minimum absolute atomic E-state index is 0.830. The summed E-state index contributed by atoms with van der Waals surface area (Å²) in [5, 5.41) is 3.45. The van der Waals surface area contributed by atoms with E-state index in [1.165, 1.54) is 17.5 Å². The zero-order valence-electron chi connectivity index (χ0n) is 10.5. The van der Waals surface area contributed by atoms with E-state index in [-0.39, 0.29) is 0 Å². The molecule has 90 valence electrons. The molecule has 16 heavy (non-hydrogen) atoms. The molecule has 0 aliphatic carbocycles. The third-order valence-corrected chi connectivity index (χ3v) is 2.51. The van der Waals surface area contributed by atoms with Gasteiger partial charge < -0.3 is 10.1 Å². The summed E-state index contributed by atoms with van der Waals surface area (Å²) in [4.78, 5) is 0. The SMILES string of the molecule is CCOCCCCNCc1cccc(C)c1. The van der Waals surface area contributed by atoms with Crippen LogP contribution in [-0.4, -0.2) is 19.8 Å². The van der Waals surface area contributed by atoms with Gasteiger partial charge in [-0.15, -0.1) is 0 Å². The van der Waals surface area contributed by atoms with Gasteiger partial charge in [-0.1, -0.05) is 29.8 Å². The maximum Gasteiger partial charge on any atom is 0.0466 e. The van der Waals surface area contributed by atoms with Crippen molar-refractivity contribution in [2.24, 2.45) is 0 Å². The van der Waals surface area contributed by atoms with Crippen LogP contribution in [0.3, 0.4) is 0 Å². The van der Waals surface area contributed by atoms with Gasteiger partial charge in [-0.2, -0.15) is 0 Å². The Morgan fingerprint density at radius 2 is 2.12 bits per heavy atom. The van der Waals surface area contributed by atoms with Crippen molar-refractivity contribution in [2.45, 2.75) is 33.2 Å². The predicted molar refractivity (Wildman–Crippen MR) is 68.6 cm³/mol. The standard InChI is InChI=1S/C14H23NO/c1-3-16-10-5-4-9-15-12-14-8-6-7-13(2)11-14/h6-8,11,15H,3-5,9-10,12H2,1-2H3. The Morgan fingerprint density at radius 3 is 2.88 bits per heavy atom. The first-order chi connectivity index (χ1) is 7.83. The molecule has 0 heterocycles. The summed E-state index contributed by atoms with van der Waals surface area (Å²) in [7, 11) is 0. The predicted octanol–water partition coefficient (Wildman–Crippen LogP) is 2.90. The second-order valence-corrected chi connectivity index (χ2v) is 4.07. The van der Waals surface area contributed by atoms with Crippen molar-refractivity contribution < 1.29 is 4.74 Å². The maximum atomic E-state index is 5.29. The molecular weight excluding hydrogens is 198 g/mol. The zero-order valence-corrected chi connectivity index (χ0v) is 10.5. The lowest BCUT2D eigenvalue weighted by Gasteiger charge is -2.05. The highest BCUT2D eigenvalue weighted by molar-refractivity contribution is 5.21. The van der Waals surface area contributed by atoms with Crippen LogP contribution in [0.5, 0.6) is 0 Å². The van der Waals surface area contributed by atoms with Crippen LogP contribution in [-0.2, 0) is 11.3 Å². The highest BCUT2D eigenvalue weighted by Crippen LogP contribution is 2.03. The van der Waals surface area contributed by atoms with E-state index in [1.807, 2.05) is 6.92 Å². The molecule has 0 aromatic heterocycles. The average Bonchev–Trinajstić information content (AvgIpc) is 2.28. The molecule has 0 spiro atoms. The fourth-order valence-corrected chi connectivity index (χ4v) is 1.65. The van der Waals surface area contributed by atoms with Crippen molar-refractivity contribution in [3.8, 4) is 0 Å². The summed E-state index contributed by atoms with van der Waals surface area (Å²) < 4.78 is 5.29. The van der Waals surface area contributed by atoms with E-state index in [1.54, 1.807) is 0 Å². The molecule has 0 atom stereocenters. The van der Waals surface area contributed by atoms with Gasteiger partial charge in [-0.05, 0) is 38.8 Å². The van der Waals surface area contributed by atoms with E-state index < -0.39 is 0 Å². The van der Waals surface area contributed by atoms with E-state index >= 15 is 0 Å². The van der Waals surface area contributed by atoms with Gasteiger partial charge in [0, 0.05) is 19.8 Å². The molecule has 1 aromatic carbocycles. The van der Waals surface area contributed by atoms with Crippen molar-refractivity contribution >= 4 is 0 Å². The Bertz CT molecular complexity index is 286. The van der Waals surface area contributed by atoms with Gasteiger partial charge >= 0.3 is 0 Å². The van der Waals surface area contributed by atoms with Crippen molar-refractivity contribution in [3.63, 3.8) is 0 Å². The Kier molecular flexibility index (Phi) is 6.86. The fourth-order valence-electron chi connectivity index (χ4n) is 1.65. The summed E-state index contributed by atoms with van der Waals surface area (Å²) in [5.41, 5.74) is 2.69. The summed E-state index contributed by atoms with van der Waals surface area (Å²) in [5.74, 6) is 0. The first kappa shape index (κ1) is 13.2. The smallest absolute Gasteiger partial charge is 0.0466 e. The van der Waals surface area contributed by atoms with Crippen LogP contribution < -0.4 is 5.32 Å². The van der Waals surface area contributed by atoms with E-state index in [2.05, 4.69) is 36.5 Å². The molecule has 0 saturated heterocycles. The Morgan fingerprint density at radius 1 is 1.25 bits per heavy atom. The second-order valence-electron chi connectivity index (χ2n) is 4.07. The van der Waals surface area contributed by atoms with Crippen LogP contribution in [0.2, 0.25) is 0 Å². The first-order valence-corrected chi connectivity index (χ1v) is 6.17. The lowest BCUT2D eigenvalue weighted by atomic mass is 10.1. The molecule has 0 amide bonds. The molecule has 0 aliphatic heterocycles. The number of unbranched alkanes of at least 4 members (excludes halogenated alkanes) is 1. The third-order valence-electron chi connectivity index (χ3n) is 2.51. The van der Waals surface area contributed by atoms with Gasteiger partial charge in [0.1, 0.15) is 0 Å². The van der Waals surface area contributed by atoms with Gasteiger partial charge in [0.15, 0.2) is 0 Å². The van der Waals surface area contributed by atoms with Crippen LogP contribution in [0, 0.1) is 6.92 Å². The molecule has 0 bridgehead atoms. The number of hydrogen-bond donors (Lipinski definition) is 1.